The van der Waals surface area contributed by atoms with E-state index in [1.807, 2.05) is 0 Å². The van der Waals surface area contributed by atoms with Gasteiger partial charge in [0.2, 0.25) is 6.41 Å². The van der Waals surface area contributed by atoms with Gasteiger partial charge in [0, 0.05) is 6.54 Å². The lowest BCUT2D eigenvalue weighted by Gasteiger charge is -2.09. The van der Waals surface area contributed by atoms with Crippen LogP contribution in [0.4, 0.5) is 0 Å². The van der Waals surface area contributed by atoms with E-state index in [0.717, 1.165) is 0 Å². The number of aromatic hydroxyl groups is 1. The lowest BCUT2D eigenvalue weighted by atomic mass is 10.1. The van der Waals surface area contributed by atoms with Gasteiger partial charge in [-0.25, -0.2) is 0 Å². The lowest BCUT2D eigenvalue weighted by Crippen LogP contribution is -2.19. The van der Waals surface area contributed by atoms with Gasteiger partial charge in [-0.1, -0.05) is 12.1 Å². The number of carbonyl (C=O) groups is 1. The molecule has 4 heteroatoms. The summed E-state index contributed by atoms with van der Waals surface area (Å²) >= 11 is 0. The number of benzene rings is 1. The van der Waals surface area contributed by atoms with Crippen molar-refractivity contribution in [2.24, 2.45) is 0 Å². The maximum atomic E-state index is 9.94. The van der Waals surface area contributed by atoms with Crippen LogP contribution in [0.3, 0.4) is 0 Å². The molecule has 0 spiro atoms. The molecular formula is C9H11NO3. The molecular weight excluding hydrogens is 170 g/mol. The van der Waals surface area contributed by atoms with E-state index < -0.39 is 6.10 Å². The highest BCUT2D eigenvalue weighted by Crippen LogP contribution is 2.17. The molecule has 0 aliphatic carbocycles. The van der Waals surface area contributed by atoms with Crippen LogP contribution >= 0.6 is 0 Å². The first-order valence-electron chi connectivity index (χ1n) is 3.88. The number of aliphatic hydroxyl groups is 1. The number of phenols is 1. The zero-order chi connectivity index (χ0) is 9.68. The van der Waals surface area contributed by atoms with E-state index in [0.29, 0.717) is 12.0 Å². The van der Waals surface area contributed by atoms with Crippen molar-refractivity contribution < 1.29 is 15.0 Å². The van der Waals surface area contributed by atoms with E-state index in [9.17, 15) is 9.90 Å². The van der Waals surface area contributed by atoms with Crippen LogP contribution < -0.4 is 5.32 Å². The first-order valence-corrected chi connectivity index (χ1v) is 3.88. The Balaban J connectivity index is 2.65. The molecule has 0 saturated heterocycles. The molecule has 0 heterocycles. The maximum Gasteiger partial charge on any atom is 0.207 e. The van der Waals surface area contributed by atoms with Gasteiger partial charge in [-0.2, -0.15) is 0 Å². The Kier molecular flexibility index (Phi) is 3.28. The van der Waals surface area contributed by atoms with Gasteiger partial charge in [-0.3, -0.25) is 4.79 Å². The quantitative estimate of drug-likeness (QED) is 0.580. The van der Waals surface area contributed by atoms with Crippen molar-refractivity contribution in [1.29, 1.82) is 0 Å². The van der Waals surface area contributed by atoms with E-state index in [1.54, 1.807) is 12.1 Å². The predicted octanol–water partition coefficient (Wildman–Crippen LogP) is 0.172. The van der Waals surface area contributed by atoms with Crippen molar-refractivity contribution >= 4 is 6.41 Å². The van der Waals surface area contributed by atoms with Crippen LogP contribution in [0.5, 0.6) is 5.75 Å². The van der Waals surface area contributed by atoms with Crippen molar-refractivity contribution in [2.75, 3.05) is 6.54 Å². The number of hydrogen-bond acceptors (Lipinski definition) is 3. The Hall–Kier alpha value is -1.55. The fourth-order valence-corrected chi connectivity index (χ4v) is 1.01. The number of nitrogens with one attached hydrogen (secondary N) is 1. The highest BCUT2D eigenvalue weighted by atomic mass is 16.3. The van der Waals surface area contributed by atoms with Gasteiger partial charge in [0.1, 0.15) is 5.75 Å². The number of rotatable bonds is 4. The van der Waals surface area contributed by atoms with Crippen molar-refractivity contribution in [2.45, 2.75) is 6.10 Å². The third-order valence-electron chi connectivity index (χ3n) is 1.65. The van der Waals surface area contributed by atoms with E-state index >= 15 is 0 Å². The summed E-state index contributed by atoms with van der Waals surface area (Å²) in [7, 11) is 0. The summed E-state index contributed by atoms with van der Waals surface area (Å²) in [5, 5.41) is 20.9. The summed E-state index contributed by atoms with van der Waals surface area (Å²) in [6, 6.07) is 6.28. The zero-order valence-electron chi connectivity index (χ0n) is 6.97. The van der Waals surface area contributed by atoms with Crippen molar-refractivity contribution in [3.8, 4) is 5.75 Å². The Labute approximate surface area is 75.8 Å². The Morgan fingerprint density at radius 2 is 2.31 bits per heavy atom. The molecule has 0 aliphatic heterocycles. The van der Waals surface area contributed by atoms with Gasteiger partial charge in [-0.15, -0.1) is 0 Å². The summed E-state index contributed by atoms with van der Waals surface area (Å²) in [6.45, 7) is 0.146. The molecule has 0 saturated carbocycles. The average Bonchev–Trinajstić information content (AvgIpc) is 2.14. The Morgan fingerprint density at radius 3 is 2.92 bits per heavy atom. The average molecular weight is 181 g/mol. The molecule has 4 nitrogen and oxygen atoms in total. The SMILES string of the molecule is O=CNCC(O)c1cccc(O)c1. The van der Waals surface area contributed by atoms with Crippen LogP contribution in [0.1, 0.15) is 11.7 Å². The first kappa shape index (κ1) is 9.54. The summed E-state index contributed by atoms with van der Waals surface area (Å²) in [5.41, 5.74) is 0.578. The molecule has 1 aromatic carbocycles. The van der Waals surface area contributed by atoms with Gasteiger partial charge >= 0.3 is 0 Å². The maximum absolute atomic E-state index is 9.94. The molecule has 1 unspecified atom stereocenters. The summed E-state index contributed by atoms with van der Waals surface area (Å²) in [6.07, 6.45) is -0.260. The number of hydrogen-bond donors (Lipinski definition) is 3. The van der Waals surface area contributed by atoms with Gasteiger partial charge in [0.05, 0.1) is 6.10 Å². The van der Waals surface area contributed by atoms with E-state index in [1.165, 1.54) is 12.1 Å². The fraction of sp³-hybridized carbons (Fsp3) is 0.222. The number of amides is 1. The molecule has 3 N–H and O–H groups in total. The topological polar surface area (TPSA) is 69.6 Å². The first-order chi connectivity index (χ1) is 6.24. The normalized spacial score (nSPS) is 12.1. The molecule has 1 amide bonds. The second-order valence-electron chi connectivity index (χ2n) is 2.64. The molecule has 70 valence electrons. The van der Waals surface area contributed by atoms with Crippen LogP contribution in [0.2, 0.25) is 0 Å². The minimum Gasteiger partial charge on any atom is -0.508 e. The second kappa shape index (κ2) is 4.47. The van der Waals surface area contributed by atoms with Gasteiger partial charge in [-0.05, 0) is 17.7 Å². The van der Waals surface area contributed by atoms with Crippen LogP contribution in [-0.2, 0) is 4.79 Å². The largest absolute Gasteiger partial charge is 0.508 e. The molecule has 13 heavy (non-hydrogen) atoms. The molecule has 0 radical (unpaired) electrons. The fourth-order valence-electron chi connectivity index (χ4n) is 1.01. The highest BCUT2D eigenvalue weighted by molar-refractivity contribution is 5.46. The van der Waals surface area contributed by atoms with Crippen LogP contribution in [-0.4, -0.2) is 23.2 Å². The van der Waals surface area contributed by atoms with Crippen LogP contribution in [0.25, 0.3) is 0 Å². The summed E-state index contributed by atoms with van der Waals surface area (Å²) < 4.78 is 0. The molecule has 0 aliphatic rings. The lowest BCUT2D eigenvalue weighted by molar-refractivity contribution is -0.109. The Morgan fingerprint density at radius 1 is 1.54 bits per heavy atom. The Bertz CT molecular complexity index is 288. The summed E-state index contributed by atoms with van der Waals surface area (Å²) in [5.74, 6) is 0.0997. The minimum atomic E-state index is -0.780. The zero-order valence-corrected chi connectivity index (χ0v) is 6.97. The molecule has 0 aromatic heterocycles. The third-order valence-corrected chi connectivity index (χ3v) is 1.65. The minimum absolute atomic E-state index is 0.0997. The molecule has 0 fully saturated rings. The van der Waals surface area contributed by atoms with Gasteiger partial charge in [0.15, 0.2) is 0 Å². The van der Waals surface area contributed by atoms with E-state index in [2.05, 4.69) is 5.32 Å². The molecule has 1 atom stereocenters. The second-order valence-corrected chi connectivity index (χ2v) is 2.64. The van der Waals surface area contributed by atoms with Crippen LogP contribution in [0, 0.1) is 0 Å². The van der Waals surface area contributed by atoms with E-state index in [-0.39, 0.29) is 12.3 Å². The smallest absolute Gasteiger partial charge is 0.207 e. The summed E-state index contributed by atoms with van der Waals surface area (Å²) in [4.78, 5) is 9.94. The monoisotopic (exact) mass is 181 g/mol. The highest BCUT2D eigenvalue weighted by Gasteiger charge is 2.06. The predicted molar refractivity (Wildman–Crippen MR) is 47.1 cm³/mol. The standard InChI is InChI=1S/C9H11NO3/c11-6-10-5-9(13)7-2-1-3-8(12)4-7/h1-4,6,9,12-13H,5H2,(H,10,11). The van der Waals surface area contributed by atoms with Gasteiger partial charge in [0.25, 0.3) is 0 Å². The van der Waals surface area contributed by atoms with Crippen molar-refractivity contribution in [3.05, 3.63) is 29.8 Å². The molecule has 0 bridgehead atoms. The van der Waals surface area contributed by atoms with Crippen molar-refractivity contribution in [1.82, 2.24) is 5.32 Å². The van der Waals surface area contributed by atoms with Crippen LogP contribution in [0.15, 0.2) is 24.3 Å². The molecule has 1 rings (SSSR count). The van der Waals surface area contributed by atoms with Gasteiger partial charge < -0.3 is 15.5 Å². The van der Waals surface area contributed by atoms with E-state index in [4.69, 9.17) is 5.11 Å². The van der Waals surface area contributed by atoms with Crippen molar-refractivity contribution in [3.63, 3.8) is 0 Å². The third kappa shape index (κ3) is 2.76. The number of phenolic OH excluding ortho intramolecular Hbond substituents is 1. The molecule has 1 aromatic rings. The number of aliphatic hydroxyl groups excluding tert-OH is 1. The number of carbonyl (C=O) groups excluding carboxylic acids is 1.